The summed E-state index contributed by atoms with van der Waals surface area (Å²) in [4.78, 5) is 10.7. The average Bonchev–Trinajstić information content (AvgIpc) is 2.70. The van der Waals surface area contributed by atoms with E-state index in [1.807, 2.05) is 41.1 Å². The summed E-state index contributed by atoms with van der Waals surface area (Å²) in [5.41, 5.74) is 2.97. The summed E-state index contributed by atoms with van der Waals surface area (Å²) in [6.07, 6.45) is 0.0754. The summed E-state index contributed by atoms with van der Waals surface area (Å²) in [5, 5.41) is 12.8. The van der Waals surface area contributed by atoms with E-state index in [9.17, 15) is 4.79 Å². The smallest absolute Gasteiger partial charge is 0.307 e. The van der Waals surface area contributed by atoms with Gasteiger partial charge >= 0.3 is 5.97 Å². The number of rotatable bonds is 3. The van der Waals surface area contributed by atoms with Gasteiger partial charge in [-0.15, -0.1) is 0 Å². The number of carboxylic acid groups (broad SMARTS) is 1. The highest BCUT2D eigenvalue weighted by molar-refractivity contribution is 7.08. The Kier molecular flexibility index (Phi) is 2.83. The Morgan fingerprint density at radius 1 is 1.27 bits per heavy atom. The number of hydrogen-bond donors (Lipinski definition) is 1. The molecule has 2 aromatic rings. The number of carboxylic acids is 1. The van der Waals surface area contributed by atoms with Crippen molar-refractivity contribution < 1.29 is 9.90 Å². The molecule has 0 fully saturated rings. The average molecular weight is 218 g/mol. The third kappa shape index (κ3) is 2.25. The van der Waals surface area contributed by atoms with E-state index in [0.29, 0.717) is 0 Å². The lowest BCUT2D eigenvalue weighted by molar-refractivity contribution is -0.136. The molecule has 0 saturated heterocycles. The Balaban J connectivity index is 2.42. The number of carbonyl (C=O) groups is 1. The van der Waals surface area contributed by atoms with Gasteiger partial charge in [0.05, 0.1) is 6.42 Å². The molecule has 0 radical (unpaired) electrons. The molecule has 15 heavy (non-hydrogen) atoms. The molecule has 0 aliphatic heterocycles. The molecule has 0 unspecified atom stereocenters. The van der Waals surface area contributed by atoms with Crippen LogP contribution in [0.2, 0.25) is 0 Å². The molecule has 1 heterocycles. The Hall–Kier alpha value is -1.61. The Morgan fingerprint density at radius 3 is 2.73 bits per heavy atom. The summed E-state index contributed by atoms with van der Waals surface area (Å²) in [5.74, 6) is -0.794. The van der Waals surface area contributed by atoms with Crippen LogP contribution < -0.4 is 0 Å². The van der Waals surface area contributed by atoms with E-state index in [0.717, 1.165) is 16.7 Å². The van der Waals surface area contributed by atoms with Crippen molar-refractivity contribution in [3.8, 4) is 11.1 Å². The second-order valence-corrected chi connectivity index (χ2v) is 4.02. The fourth-order valence-electron chi connectivity index (χ4n) is 1.54. The van der Waals surface area contributed by atoms with Crippen LogP contribution in [-0.2, 0) is 11.2 Å². The minimum atomic E-state index is -0.794. The summed E-state index contributed by atoms with van der Waals surface area (Å²) in [7, 11) is 0. The van der Waals surface area contributed by atoms with E-state index in [1.54, 1.807) is 11.3 Å². The number of benzene rings is 1. The molecule has 76 valence electrons. The lowest BCUT2D eigenvalue weighted by Gasteiger charge is -2.05. The quantitative estimate of drug-likeness (QED) is 0.859. The van der Waals surface area contributed by atoms with E-state index in [4.69, 9.17) is 5.11 Å². The van der Waals surface area contributed by atoms with Crippen molar-refractivity contribution in [2.45, 2.75) is 6.42 Å². The van der Waals surface area contributed by atoms with E-state index in [1.165, 1.54) is 0 Å². The van der Waals surface area contributed by atoms with Crippen LogP contribution in [0.15, 0.2) is 41.1 Å². The van der Waals surface area contributed by atoms with Gasteiger partial charge in [0, 0.05) is 0 Å². The van der Waals surface area contributed by atoms with Gasteiger partial charge in [0.25, 0.3) is 0 Å². The molecule has 1 aromatic carbocycles. The summed E-state index contributed by atoms with van der Waals surface area (Å²) >= 11 is 1.61. The van der Waals surface area contributed by atoms with Crippen LogP contribution in [0.4, 0.5) is 0 Å². The Morgan fingerprint density at radius 2 is 2.07 bits per heavy atom. The zero-order valence-electron chi connectivity index (χ0n) is 8.01. The Bertz CT molecular complexity index is 460. The van der Waals surface area contributed by atoms with Crippen LogP contribution in [0.1, 0.15) is 5.56 Å². The first-order chi connectivity index (χ1) is 7.27. The molecular formula is C12H10O2S. The van der Waals surface area contributed by atoms with Crippen molar-refractivity contribution in [2.75, 3.05) is 0 Å². The summed E-state index contributed by atoms with van der Waals surface area (Å²) in [6.45, 7) is 0. The number of hydrogen-bond acceptors (Lipinski definition) is 2. The van der Waals surface area contributed by atoms with Crippen LogP contribution in [0, 0.1) is 0 Å². The largest absolute Gasteiger partial charge is 0.481 e. The highest BCUT2D eigenvalue weighted by atomic mass is 32.1. The van der Waals surface area contributed by atoms with Gasteiger partial charge in [0.1, 0.15) is 0 Å². The van der Waals surface area contributed by atoms with Gasteiger partial charge in [-0.2, -0.15) is 11.3 Å². The molecule has 0 spiro atoms. The van der Waals surface area contributed by atoms with Gasteiger partial charge < -0.3 is 5.11 Å². The molecule has 0 atom stereocenters. The molecule has 3 heteroatoms. The molecular weight excluding hydrogens is 208 g/mol. The predicted octanol–water partition coefficient (Wildman–Crippen LogP) is 3.04. The molecule has 0 aliphatic carbocycles. The third-order valence-electron chi connectivity index (χ3n) is 2.19. The second-order valence-electron chi connectivity index (χ2n) is 3.24. The first-order valence-corrected chi connectivity index (χ1v) is 5.54. The second kappa shape index (κ2) is 4.28. The normalized spacial score (nSPS) is 10.1. The van der Waals surface area contributed by atoms with Gasteiger partial charge in [-0.25, -0.2) is 0 Å². The molecule has 0 aliphatic rings. The maximum absolute atomic E-state index is 10.7. The monoisotopic (exact) mass is 218 g/mol. The standard InChI is InChI=1S/C12H10O2S/c13-12(14)7-9-3-1-2-4-11(9)10-5-6-15-8-10/h1-6,8H,7H2,(H,13,14). The topological polar surface area (TPSA) is 37.3 Å². The molecule has 2 nitrogen and oxygen atoms in total. The lowest BCUT2D eigenvalue weighted by Crippen LogP contribution is -2.01. The van der Waals surface area contributed by atoms with Gasteiger partial charge in [-0.1, -0.05) is 24.3 Å². The van der Waals surface area contributed by atoms with Crippen LogP contribution in [-0.4, -0.2) is 11.1 Å². The zero-order valence-corrected chi connectivity index (χ0v) is 8.83. The molecule has 1 aromatic heterocycles. The maximum Gasteiger partial charge on any atom is 0.307 e. The zero-order chi connectivity index (χ0) is 10.7. The molecule has 0 bridgehead atoms. The fraction of sp³-hybridized carbons (Fsp3) is 0.0833. The van der Waals surface area contributed by atoms with Crippen LogP contribution >= 0.6 is 11.3 Å². The maximum atomic E-state index is 10.7. The van der Waals surface area contributed by atoms with Crippen molar-refractivity contribution in [3.63, 3.8) is 0 Å². The highest BCUT2D eigenvalue weighted by Crippen LogP contribution is 2.25. The van der Waals surface area contributed by atoms with Crippen molar-refractivity contribution in [1.29, 1.82) is 0 Å². The molecule has 0 saturated carbocycles. The van der Waals surface area contributed by atoms with Gasteiger partial charge in [0.15, 0.2) is 0 Å². The van der Waals surface area contributed by atoms with Gasteiger partial charge in [0.2, 0.25) is 0 Å². The Labute approximate surface area is 91.8 Å². The fourth-order valence-corrected chi connectivity index (χ4v) is 2.19. The molecule has 2 rings (SSSR count). The summed E-state index contributed by atoms with van der Waals surface area (Å²) in [6, 6.07) is 9.62. The van der Waals surface area contributed by atoms with Crippen molar-refractivity contribution in [2.24, 2.45) is 0 Å². The van der Waals surface area contributed by atoms with E-state index in [2.05, 4.69) is 0 Å². The number of thiophene rings is 1. The lowest BCUT2D eigenvalue weighted by atomic mass is 10.0. The minimum absolute atomic E-state index is 0.0754. The molecule has 0 amide bonds. The van der Waals surface area contributed by atoms with Crippen LogP contribution in [0.25, 0.3) is 11.1 Å². The van der Waals surface area contributed by atoms with E-state index >= 15 is 0 Å². The SMILES string of the molecule is O=C(O)Cc1ccccc1-c1ccsc1. The third-order valence-corrected chi connectivity index (χ3v) is 2.87. The summed E-state index contributed by atoms with van der Waals surface area (Å²) < 4.78 is 0. The van der Waals surface area contributed by atoms with E-state index < -0.39 is 5.97 Å². The van der Waals surface area contributed by atoms with Crippen molar-refractivity contribution in [3.05, 3.63) is 46.7 Å². The predicted molar refractivity (Wildman–Crippen MR) is 61.1 cm³/mol. The van der Waals surface area contributed by atoms with Gasteiger partial charge in [-0.3, -0.25) is 4.79 Å². The van der Waals surface area contributed by atoms with E-state index in [-0.39, 0.29) is 6.42 Å². The van der Waals surface area contributed by atoms with Crippen molar-refractivity contribution >= 4 is 17.3 Å². The molecule has 1 N–H and O–H groups in total. The van der Waals surface area contributed by atoms with Crippen LogP contribution in [0.5, 0.6) is 0 Å². The number of aliphatic carboxylic acids is 1. The van der Waals surface area contributed by atoms with Crippen LogP contribution in [0.3, 0.4) is 0 Å². The minimum Gasteiger partial charge on any atom is -0.481 e. The van der Waals surface area contributed by atoms with Gasteiger partial charge in [-0.05, 0) is 33.5 Å². The highest BCUT2D eigenvalue weighted by Gasteiger charge is 2.07. The van der Waals surface area contributed by atoms with Crippen molar-refractivity contribution in [1.82, 2.24) is 0 Å². The first-order valence-electron chi connectivity index (χ1n) is 4.59. The first kappa shape index (κ1) is 9.93.